The maximum absolute atomic E-state index is 12.6. The van der Waals surface area contributed by atoms with Gasteiger partial charge in [0.25, 0.3) is 0 Å². The van der Waals surface area contributed by atoms with Crippen LogP contribution in [0.25, 0.3) is 0 Å². The summed E-state index contributed by atoms with van der Waals surface area (Å²) in [7, 11) is 1.78. The molecule has 1 aliphatic carbocycles. The van der Waals surface area contributed by atoms with E-state index < -0.39 is 0 Å². The zero-order valence-electron chi connectivity index (χ0n) is 14.6. The molecule has 22 heavy (non-hydrogen) atoms. The predicted octanol–water partition coefficient (Wildman–Crippen LogP) is 2.81. The van der Waals surface area contributed by atoms with E-state index in [2.05, 4.69) is 37.8 Å². The zero-order chi connectivity index (χ0) is 16.7. The highest BCUT2D eigenvalue weighted by atomic mass is 16.5. The molecule has 0 aromatic carbocycles. The van der Waals surface area contributed by atoms with Crippen LogP contribution in [0.3, 0.4) is 0 Å². The van der Waals surface area contributed by atoms with E-state index in [1.54, 1.807) is 11.9 Å². The fourth-order valence-electron chi connectivity index (χ4n) is 3.14. The third kappa shape index (κ3) is 2.76. The van der Waals surface area contributed by atoms with Crippen LogP contribution < -0.4 is 0 Å². The van der Waals surface area contributed by atoms with Crippen LogP contribution in [0.15, 0.2) is 4.52 Å². The molecule has 6 heteroatoms. The fourth-order valence-corrected chi connectivity index (χ4v) is 3.14. The standard InChI is InChI=1S/C16H27N3O3/c1-8-21-10(2)13-17-11(22-18-13)9-19(7)14(20)12-15(3,4)16(12,5)6/h10,12H,8-9H2,1-7H3/t10-/m0/s1. The van der Waals surface area contributed by atoms with Gasteiger partial charge in [0.2, 0.25) is 11.8 Å². The molecule has 0 unspecified atom stereocenters. The van der Waals surface area contributed by atoms with Crippen LogP contribution >= 0.6 is 0 Å². The molecule has 0 bridgehead atoms. The second-order valence-corrected chi connectivity index (χ2v) is 7.21. The number of rotatable bonds is 6. The Labute approximate surface area is 132 Å². The van der Waals surface area contributed by atoms with Gasteiger partial charge in [-0.3, -0.25) is 4.79 Å². The summed E-state index contributed by atoms with van der Waals surface area (Å²) in [6.45, 7) is 13.3. The van der Waals surface area contributed by atoms with Crippen molar-refractivity contribution >= 4 is 5.91 Å². The van der Waals surface area contributed by atoms with Crippen LogP contribution in [0, 0.1) is 16.7 Å². The highest BCUT2D eigenvalue weighted by molar-refractivity contribution is 5.83. The van der Waals surface area contributed by atoms with E-state index in [0.29, 0.717) is 24.9 Å². The van der Waals surface area contributed by atoms with E-state index in [9.17, 15) is 4.79 Å². The summed E-state index contributed by atoms with van der Waals surface area (Å²) < 4.78 is 10.7. The second-order valence-electron chi connectivity index (χ2n) is 7.21. The predicted molar refractivity (Wildman–Crippen MR) is 81.9 cm³/mol. The Bertz CT molecular complexity index is 537. The Balaban J connectivity index is 1.98. The lowest BCUT2D eigenvalue weighted by Crippen LogP contribution is -2.29. The molecule has 1 aliphatic rings. The molecule has 0 N–H and O–H groups in total. The molecule has 1 aromatic rings. The number of ether oxygens (including phenoxy) is 1. The highest BCUT2D eigenvalue weighted by Gasteiger charge is 2.68. The summed E-state index contributed by atoms with van der Waals surface area (Å²) in [4.78, 5) is 18.6. The van der Waals surface area contributed by atoms with E-state index in [1.165, 1.54) is 0 Å². The number of carbonyl (C=O) groups is 1. The average Bonchev–Trinajstić information content (AvgIpc) is 2.77. The summed E-state index contributed by atoms with van der Waals surface area (Å²) in [5.74, 6) is 1.13. The summed E-state index contributed by atoms with van der Waals surface area (Å²) in [5.41, 5.74) is 0.0592. The Morgan fingerprint density at radius 1 is 1.36 bits per heavy atom. The van der Waals surface area contributed by atoms with Gasteiger partial charge in [-0.15, -0.1) is 0 Å². The first-order valence-corrected chi connectivity index (χ1v) is 7.82. The minimum Gasteiger partial charge on any atom is -0.371 e. The molecule has 6 nitrogen and oxygen atoms in total. The monoisotopic (exact) mass is 309 g/mol. The van der Waals surface area contributed by atoms with Crippen LogP contribution in [-0.4, -0.2) is 34.6 Å². The van der Waals surface area contributed by atoms with Crippen LogP contribution in [0.5, 0.6) is 0 Å². The van der Waals surface area contributed by atoms with E-state index >= 15 is 0 Å². The number of carbonyl (C=O) groups excluding carboxylic acids is 1. The summed E-state index contributed by atoms with van der Waals surface area (Å²) in [5, 5.41) is 3.92. The molecular weight excluding hydrogens is 282 g/mol. The van der Waals surface area contributed by atoms with Gasteiger partial charge in [-0.2, -0.15) is 4.98 Å². The van der Waals surface area contributed by atoms with Crippen LogP contribution in [0.2, 0.25) is 0 Å². The molecule has 2 rings (SSSR count). The first kappa shape index (κ1) is 16.9. The van der Waals surface area contributed by atoms with Crippen molar-refractivity contribution in [2.75, 3.05) is 13.7 Å². The van der Waals surface area contributed by atoms with Crippen molar-refractivity contribution in [1.29, 1.82) is 0 Å². The fraction of sp³-hybridized carbons (Fsp3) is 0.812. The largest absolute Gasteiger partial charge is 0.371 e. The van der Waals surface area contributed by atoms with Crippen LogP contribution in [0.4, 0.5) is 0 Å². The molecule has 1 heterocycles. The maximum Gasteiger partial charge on any atom is 0.246 e. The lowest BCUT2D eigenvalue weighted by Gasteiger charge is -2.16. The minimum absolute atomic E-state index is 0.0296. The normalized spacial score (nSPS) is 20.7. The number of amides is 1. The minimum atomic E-state index is -0.204. The molecular formula is C16H27N3O3. The molecule has 1 fully saturated rings. The van der Waals surface area contributed by atoms with Gasteiger partial charge in [0, 0.05) is 19.6 Å². The van der Waals surface area contributed by atoms with Gasteiger partial charge in [0.1, 0.15) is 6.10 Å². The molecule has 1 saturated carbocycles. The van der Waals surface area contributed by atoms with Crippen molar-refractivity contribution in [3.63, 3.8) is 0 Å². The topological polar surface area (TPSA) is 68.5 Å². The molecule has 124 valence electrons. The molecule has 1 aromatic heterocycles. The molecule has 0 saturated heterocycles. The first-order valence-electron chi connectivity index (χ1n) is 7.82. The smallest absolute Gasteiger partial charge is 0.246 e. The van der Waals surface area contributed by atoms with Crippen molar-refractivity contribution in [2.24, 2.45) is 16.7 Å². The van der Waals surface area contributed by atoms with Crippen molar-refractivity contribution in [1.82, 2.24) is 15.0 Å². The lowest BCUT2D eigenvalue weighted by molar-refractivity contribution is -0.133. The van der Waals surface area contributed by atoms with Crippen molar-refractivity contribution in [3.05, 3.63) is 11.7 Å². The van der Waals surface area contributed by atoms with Gasteiger partial charge in [-0.25, -0.2) is 0 Å². The average molecular weight is 309 g/mol. The van der Waals surface area contributed by atoms with Gasteiger partial charge in [-0.1, -0.05) is 32.9 Å². The van der Waals surface area contributed by atoms with E-state index in [4.69, 9.17) is 9.26 Å². The van der Waals surface area contributed by atoms with Gasteiger partial charge in [0.05, 0.1) is 6.54 Å². The summed E-state index contributed by atoms with van der Waals surface area (Å²) in [6.07, 6.45) is -0.204. The van der Waals surface area contributed by atoms with Gasteiger partial charge in [0.15, 0.2) is 5.82 Å². The third-order valence-electron chi connectivity index (χ3n) is 5.28. The van der Waals surface area contributed by atoms with E-state index in [-0.39, 0.29) is 28.8 Å². The Kier molecular flexibility index (Phi) is 4.35. The number of hydrogen-bond acceptors (Lipinski definition) is 5. The molecule has 1 amide bonds. The molecule has 0 radical (unpaired) electrons. The Morgan fingerprint density at radius 3 is 2.45 bits per heavy atom. The van der Waals surface area contributed by atoms with Gasteiger partial charge >= 0.3 is 0 Å². The number of hydrogen-bond donors (Lipinski definition) is 0. The quantitative estimate of drug-likeness (QED) is 0.808. The van der Waals surface area contributed by atoms with Crippen molar-refractivity contribution < 1.29 is 14.1 Å². The first-order chi connectivity index (χ1) is 10.1. The lowest BCUT2D eigenvalue weighted by atomic mass is 10.0. The van der Waals surface area contributed by atoms with Crippen molar-refractivity contribution in [3.8, 4) is 0 Å². The number of nitrogens with zero attached hydrogens (tertiary/aromatic N) is 3. The third-order valence-corrected chi connectivity index (χ3v) is 5.28. The number of aromatic nitrogens is 2. The maximum atomic E-state index is 12.6. The van der Waals surface area contributed by atoms with Crippen LogP contribution in [0.1, 0.15) is 59.4 Å². The summed E-state index contributed by atoms with van der Waals surface area (Å²) in [6, 6.07) is 0. The SMILES string of the molecule is CCO[C@@H](C)c1noc(CN(C)C(=O)C2C(C)(C)C2(C)C)n1. The Morgan fingerprint density at radius 2 is 1.95 bits per heavy atom. The molecule has 0 aliphatic heterocycles. The highest BCUT2D eigenvalue weighted by Crippen LogP contribution is 2.68. The molecule has 0 spiro atoms. The van der Waals surface area contributed by atoms with Crippen LogP contribution in [-0.2, 0) is 16.1 Å². The molecule has 1 atom stereocenters. The van der Waals surface area contributed by atoms with E-state index in [0.717, 1.165) is 0 Å². The van der Waals surface area contributed by atoms with Gasteiger partial charge in [-0.05, 0) is 24.7 Å². The Hall–Kier alpha value is -1.43. The summed E-state index contributed by atoms with van der Waals surface area (Å²) >= 11 is 0. The van der Waals surface area contributed by atoms with Gasteiger partial charge < -0.3 is 14.2 Å². The second kappa shape index (κ2) is 5.65. The van der Waals surface area contributed by atoms with Crippen molar-refractivity contribution in [2.45, 2.75) is 54.2 Å². The van der Waals surface area contributed by atoms with E-state index in [1.807, 2.05) is 13.8 Å². The zero-order valence-corrected chi connectivity index (χ0v) is 14.6.